The van der Waals surface area contributed by atoms with E-state index in [2.05, 4.69) is 12.1 Å². The molecule has 21 heavy (non-hydrogen) atoms. The minimum absolute atomic E-state index is 0.0290. The van der Waals surface area contributed by atoms with E-state index in [0.29, 0.717) is 0 Å². The van der Waals surface area contributed by atoms with Gasteiger partial charge in [-0.3, -0.25) is 0 Å². The van der Waals surface area contributed by atoms with Crippen LogP contribution in [0, 0.1) is 0 Å². The predicted octanol–water partition coefficient (Wildman–Crippen LogP) is 3.77. The summed E-state index contributed by atoms with van der Waals surface area (Å²) in [5, 5.41) is 0. The van der Waals surface area contributed by atoms with Crippen molar-refractivity contribution in [1.29, 1.82) is 0 Å². The van der Waals surface area contributed by atoms with Gasteiger partial charge in [-0.15, -0.1) is 11.8 Å². The highest BCUT2D eigenvalue weighted by Crippen LogP contribution is 2.65. The smallest absolute Gasteiger partial charge is 0.132 e. The van der Waals surface area contributed by atoms with Gasteiger partial charge < -0.3 is 14.2 Å². The van der Waals surface area contributed by atoms with Crippen LogP contribution in [0.25, 0.3) is 0 Å². The van der Waals surface area contributed by atoms with Crippen molar-refractivity contribution in [3.8, 4) is 11.5 Å². The molecule has 0 radical (unpaired) electrons. The average Bonchev–Trinajstić information content (AvgIpc) is 2.51. The van der Waals surface area contributed by atoms with E-state index in [1.54, 1.807) is 26.0 Å². The molecule has 2 aliphatic rings. The summed E-state index contributed by atoms with van der Waals surface area (Å²) >= 11 is 1.79. The lowest BCUT2D eigenvalue weighted by Crippen LogP contribution is -2.57. The van der Waals surface area contributed by atoms with E-state index in [-0.39, 0.29) is 16.3 Å². The van der Waals surface area contributed by atoms with Crippen LogP contribution < -0.4 is 4.74 Å². The van der Waals surface area contributed by atoms with Crippen LogP contribution in [0.2, 0.25) is 0 Å². The second-order valence-electron chi connectivity index (χ2n) is 5.21. The number of benzene rings is 2. The van der Waals surface area contributed by atoms with Crippen LogP contribution in [0.3, 0.4) is 0 Å². The fraction of sp³-hybridized carbons (Fsp3) is 0.294. The number of methoxy groups -OCH3 is 2. The van der Waals surface area contributed by atoms with E-state index in [1.807, 2.05) is 36.4 Å². The number of para-hydroxylation sites is 2. The second kappa shape index (κ2) is 4.77. The number of thioether (sulfide) groups is 1. The molecule has 0 N–H and O–H groups in total. The molecule has 1 fully saturated rings. The number of hydrogen-bond donors (Lipinski definition) is 0. The minimum Gasteiger partial charge on any atom is -0.457 e. The first-order valence-corrected chi connectivity index (χ1v) is 7.79. The molecule has 4 heteroatoms. The molecule has 2 atom stereocenters. The van der Waals surface area contributed by atoms with Crippen molar-refractivity contribution in [3.05, 3.63) is 59.7 Å². The summed E-state index contributed by atoms with van der Waals surface area (Å²) in [7, 11) is 3.48. The van der Waals surface area contributed by atoms with Gasteiger partial charge in [0, 0.05) is 25.3 Å². The van der Waals surface area contributed by atoms with Gasteiger partial charge in [0.1, 0.15) is 27.8 Å². The van der Waals surface area contributed by atoms with Crippen LogP contribution in [0.4, 0.5) is 0 Å². The molecule has 1 saturated heterocycles. The van der Waals surface area contributed by atoms with Crippen LogP contribution in [-0.2, 0) is 14.2 Å². The van der Waals surface area contributed by atoms with Gasteiger partial charge in [0.15, 0.2) is 0 Å². The molecule has 0 bridgehead atoms. The molecule has 0 aromatic heterocycles. The van der Waals surface area contributed by atoms with Crippen molar-refractivity contribution >= 4 is 11.8 Å². The largest absolute Gasteiger partial charge is 0.457 e. The zero-order chi connectivity index (χ0) is 14.4. The lowest BCUT2D eigenvalue weighted by Gasteiger charge is -2.54. The Bertz CT molecular complexity index is 640. The molecular formula is C17H16O3S. The number of fused-ring (bicyclic) bond motifs is 4. The van der Waals surface area contributed by atoms with Gasteiger partial charge in [-0.25, -0.2) is 0 Å². The van der Waals surface area contributed by atoms with Crippen molar-refractivity contribution in [2.75, 3.05) is 14.2 Å². The quantitative estimate of drug-likeness (QED) is 0.844. The lowest BCUT2D eigenvalue weighted by atomic mass is 9.81. The predicted molar refractivity (Wildman–Crippen MR) is 82.9 cm³/mol. The maximum atomic E-state index is 6.06. The summed E-state index contributed by atoms with van der Waals surface area (Å²) in [4.78, 5) is 0. The van der Waals surface area contributed by atoms with Crippen LogP contribution in [0.5, 0.6) is 11.5 Å². The fourth-order valence-electron chi connectivity index (χ4n) is 3.30. The van der Waals surface area contributed by atoms with E-state index < -0.39 is 0 Å². The van der Waals surface area contributed by atoms with Crippen molar-refractivity contribution in [2.24, 2.45) is 0 Å². The van der Waals surface area contributed by atoms with E-state index >= 15 is 0 Å². The van der Waals surface area contributed by atoms with E-state index in [1.165, 1.54) is 0 Å². The highest BCUT2D eigenvalue weighted by Gasteiger charge is 2.61. The molecule has 2 aromatic rings. The maximum Gasteiger partial charge on any atom is 0.132 e. The third-order valence-corrected chi connectivity index (χ3v) is 5.95. The molecule has 0 aliphatic carbocycles. The molecule has 1 spiro atoms. The summed E-state index contributed by atoms with van der Waals surface area (Å²) in [6, 6.07) is 16.4. The Hall–Kier alpha value is -1.49. The van der Waals surface area contributed by atoms with E-state index in [0.717, 1.165) is 22.6 Å². The van der Waals surface area contributed by atoms with Gasteiger partial charge in [-0.05, 0) is 12.1 Å². The fourth-order valence-corrected chi connectivity index (χ4v) is 4.92. The molecule has 2 aromatic carbocycles. The monoisotopic (exact) mass is 300 g/mol. The third-order valence-electron chi connectivity index (χ3n) is 4.23. The number of ether oxygens (including phenoxy) is 3. The lowest BCUT2D eigenvalue weighted by molar-refractivity contribution is -0.0296. The average molecular weight is 300 g/mol. The third kappa shape index (κ3) is 1.64. The molecule has 2 heterocycles. The first-order valence-electron chi connectivity index (χ1n) is 6.91. The van der Waals surface area contributed by atoms with Crippen LogP contribution in [0.15, 0.2) is 48.5 Å². The van der Waals surface area contributed by atoms with Crippen molar-refractivity contribution in [1.82, 2.24) is 0 Å². The highest BCUT2D eigenvalue weighted by atomic mass is 32.2. The van der Waals surface area contributed by atoms with Crippen LogP contribution in [-0.4, -0.2) is 25.8 Å². The minimum atomic E-state index is -0.249. The summed E-state index contributed by atoms with van der Waals surface area (Å²) in [5.41, 5.74) is 2.36. The van der Waals surface area contributed by atoms with Gasteiger partial charge in [-0.1, -0.05) is 36.4 Å². The highest BCUT2D eigenvalue weighted by molar-refractivity contribution is 8.02. The summed E-state index contributed by atoms with van der Waals surface area (Å²) in [6.07, 6.45) is -0.0290. The van der Waals surface area contributed by atoms with Crippen molar-refractivity contribution in [3.63, 3.8) is 0 Å². The normalized spacial score (nSPS) is 24.7. The Morgan fingerprint density at radius 1 is 0.905 bits per heavy atom. The molecule has 3 nitrogen and oxygen atoms in total. The standard InChI is InChI=1S/C17H16O3S/c1-18-15-16(19-2)21-17(15)11-7-3-5-9-13(11)20-14-10-6-4-8-12(14)17/h3-10,15-16H,1-2H3/t15-,16-/m0/s1. The van der Waals surface area contributed by atoms with Crippen molar-refractivity contribution < 1.29 is 14.2 Å². The van der Waals surface area contributed by atoms with Crippen LogP contribution in [0.1, 0.15) is 11.1 Å². The maximum absolute atomic E-state index is 6.06. The Labute approximate surface area is 128 Å². The molecule has 0 unspecified atom stereocenters. The zero-order valence-electron chi connectivity index (χ0n) is 11.9. The van der Waals surface area contributed by atoms with Gasteiger partial charge in [0.25, 0.3) is 0 Å². The summed E-state index contributed by atoms with van der Waals surface area (Å²) < 4.78 is 17.2. The first kappa shape index (κ1) is 13.2. The molecule has 0 saturated carbocycles. The van der Waals surface area contributed by atoms with Gasteiger partial charge in [0.2, 0.25) is 0 Å². The van der Waals surface area contributed by atoms with Crippen LogP contribution >= 0.6 is 11.8 Å². The number of rotatable bonds is 2. The Kier molecular flexibility index (Phi) is 2.99. The SMILES string of the molecule is CO[C@H]1SC2(c3ccccc3Oc3ccccc32)[C@H]1OC. The van der Waals surface area contributed by atoms with Gasteiger partial charge in [-0.2, -0.15) is 0 Å². The molecule has 0 amide bonds. The second-order valence-corrected chi connectivity index (χ2v) is 6.55. The number of hydrogen-bond acceptors (Lipinski definition) is 4. The Morgan fingerprint density at radius 3 is 2.00 bits per heavy atom. The van der Waals surface area contributed by atoms with E-state index in [9.17, 15) is 0 Å². The zero-order valence-corrected chi connectivity index (χ0v) is 12.7. The molecular weight excluding hydrogens is 284 g/mol. The molecule has 4 rings (SSSR count). The summed E-state index contributed by atoms with van der Waals surface area (Å²) in [5.74, 6) is 1.81. The van der Waals surface area contributed by atoms with E-state index in [4.69, 9.17) is 14.2 Å². The molecule has 2 aliphatic heterocycles. The summed E-state index contributed by atoms with van der Waals surface area (Å²) in [6.45, 7) is 0. The molecule has 108 valence electrons. The van der Waals surface area contributed by atoms with Crippen molar-refractivity contribution in [2.45, 2.75) is 16.3 Å². The van der Waals surface area contributed by atoms with Gasteiger partial charge >= 0.3 is 0 Å². The van der Waals surface area contributed by atoms with Gasteiger partial charge in [0.05, 0.1) is 0 Å². The Morgan fingerprint density at radius 2 is 1.48 bits per heavy atom. The topological polar surface area (TPSA) is 27.7 Å². The Balaban J connectivity index is 1.94. The first-order chi connectivity index (χ1) is 10.3.